The van der Waals surface area contributed by atoms with Crippen molar-refractivity contribution in [3.05, 3.63) is 64.3 Å². The van der Waals surface area contributed by atoms with Crippen molar-refractivity contribution in [1.82, 2.24) is 10.2 Å². The molecule has 1 N–H and O–H groups in total. The molecule has 35 heavy (non-hydrogen) atoms. The van der Waals surface area contributed by atoms with Crippen molar-refractivity contribution < 1.29 is 33.0 Å². The molecule has 2 saturated heterocycles. The van der Waals surface area contributed by atoms with Gasteiger partial charge in [-0.3, -0.25) is 19.3 Å². The van der Waals surface area contributed by atoms with Crippen molar-refractivity contribution in [3.8, 4) is 11.5 Å². The van der Waals surface area contributed by atoms with Crippen LogP contribution in [0.5, 0.6) is 11.5 Å². The second-order valence-corrected chi connectivity index (χ2v) is 9.40. The van der Waals surface area contributed by atoms with Gasteiger partial charge in [0.1, 0.15) is 5.82 Å². The monoisotopic (exact) mass is 498 g/mol. The van der Waals surface area contributed by atoms with Gasteiger partial charge >= 0.3 is 0 Å². The lowest BCUT2D eigenvalue weighted by Crippen LogP contribution is -2.49. The summed E-state index contributed by atoms with van der Waals surface area (Å²) in [5, 5.41) is 2.45. The van der Waals surface area contributed by atoms with Crippen LogP contribution in [0.1, 0.15) is 24.0 Å². The predicted octanol–water partition coefficient (Wildman–Crippen LogP) is 3.46. The summed E-state index contributed by atoms with van der Waals surface area (Å²) in [4.78, 5) is 40.0. The summed E-state index contributed by atoms with van der Waals surface area (Å²) in [6, 6.07) is 11.3. The first-order chi connectivity index (χ1) is 17.0. The fraction of sp³-hybridized carbons (Fsp3) is 0.320. The van der Waals surface area contributed by atoms with E-state index in [2.05, 4.69) is 5.32 Å². The maximum atomic E-state index is 13.9. The summed E-state index contributed by atoms with van der Waals surface area (Å²) in [5.74, 6) is 0.118. The first-order valence-electron chi connectivity index (χ1n) is 11.2. The number of imide groups is 1. The van der Waals surface area contributed by atoms with E-state index in [1.807, 2.05) is 0 Å². The fourth-order valence-corrected chi connectivity index (χ4v) is 5.32. The standard InChI is InChI=1S/C25H23FN2O6S/c26-18-3-1-2-17(14-18)25(6-10-32-11-7-25)23(30)27-8-9-28-22(29)21(35-24(28)31)13-16-4-5-19-20(12-16)34-15-33-19/h1-5,12-14H,6-11,15H2,(H,27,30)/b21-13+. The van der Waals surface area contributed by atoms with Crippen LogP contribution in [0.3, 0.4) is 0 Å². The van der Waals surface area contributed by atoms with Crippen LogP contribution in [-0.4, -0.2) is 55.0 Å². The van der Waals surface area contributed by atoms with E-state index in [1.165, 1.54) is 12.1 Å². The molecule has 8 nitrogen and oxygen atoms in total. The SMILES string of the molecule is O=C1S/C(=C/c2ccc3c(c2)OCO3)C(=O)N1CCNC(=O)C1(c2cccc(F)c2)CCOCC1. The molecular weight excluding hydrogens is 475 g/mol. The van der Waals surface area contributed by atoms with Crippen LogP contribution < -0.4 is 14.8 Å². The Morgan fingerprint density at radius 2 is 1.91 bits per heavy atom. The predicted molar refractivity (Wildman–Crippen MR) is 126 cm³/mol. The second kappa shape index (κ2) is 9.71. The highest BCUT2D eigenvalue weighted by atomic mass is 32.2. The molecule has 10 heteroatoms. The minimum absolute atomic E-state index is 0.0324. The molecule has 2 aromatic rings. The summed E-state index contributed by atoms with van der Waals surface area (Å²) in [6.45, 7) is 1.04. The van der Waals surface area contributed by atoms with E-state index < -0.39 is 22.4 Å². The number of hydrogen-bond donors (Lipinski definition) is 1. The van der Waals surface area contributed by atoms with E-state index in [-0.39, 0.29) is 25.8 Å². The minimum atomic E-state index is -0.918. The average Bonchev–Trinajstić information content (AvgIpc) is 3.43. The lowest BCUT2D eigenvalue weighted by atomic mass is 9.73. The van der Waals surface area contributed by atoms with Crippen LogP contribution in [0, 0.1) is 5.82 Å². The second-order valence-electron chi connectivity index (χ2n) is 8.41. The van der Waals surface area contributed by atoms with Crippen LogP contribution in [0.4, 0.5) is 9.18 Å². The number of amides is 3. The van der Waals surface area contributed by atoms with E-state index in [0.717, 1.165) is 16.7 Å². The number of thioether (sulfide) groups is 1. The van der Waals surface area contributed by atoms with Crippen molar-refractivity contribution in [1.29, 1.82) is 0 Å². The lowest BCUT2D eigenvalue weighted by Gasteiger charge is -2.36. The molecule has 0 atom stereocenters. The number of benzene rings is 2. The van der Waals surface area contributed by atoms with Crippen molar-refractivity contribution >= 4 is 34.9 Å². The Bertz CT molecular complexity index is 1210. The molecule has 0 saturated carbocycles. The Morgan fingerprint density at radius 1 is 1.11 bits per heavy atom. The van der Waals surface area contributed by atoms with Crippen molar-refractivity contribution in [3.63, 3.8) is 0 Å². The fourth-order valence-electron chi connectivity index (χ4n) is 4.45. The number of hydrogen-bond acceptors (Lipinski definition) is 7. The first-order valence-corrected chi connectivity index (χ1v) is 12.0. The van der Waals surface area contributed by atoms with Crippen molar-refractivity contribution in [2.75, 3.05) is 33.1 Å². The molecule has 0 unspecified atom stereocenters. The van der Waals surface area contributed by atoms with E-state index in [9.17, 15) is 18.8 Å². The Balaban J connectivity index is 1.24. The highest BCUT2D eigenvalue weighted by Gasteiger charge is 2.42. The van der Waals surface area contributed by atoms with Gasteiger partial charge in [-0.2, -0.15) is 0 Å². The van der Waals surface area contributed by atoms with Gasteiger partial charge in [0.2, 0.25) is 12.7 Å². The Kier molecular flexibility index (Phi) is 6.48. The first kappa shape index (κ1) is 23.4. The smallest absolute Gasteiger partial charge is 0.293 e. The third-order valence-electron chi connectivity index (χ3n) is 6.35. The number of halogens is 1. The number of nitrogens with one attached hydrogen (secondary N) is 1. The number of carbonyl (C=O) groups excluding carboxylic acids is 3. The number of fused-ring (bicyclic) bond motifs is 1. The molecule has 0 bridgehead atoms. The number of ether oxygens (including phenoxy) is 3. The van der Waals surface area contributed by atoms with Gasteiger partial charge in [0.05, 0.1) is 10.3 Å². The lowest BCUT2D eigenvalue weighted by molar-refractivity contribution is -0.131. The Hall–Kier alpha value is -3.37. The highest BCUT2D eigenvalue weighted by Crippen LogP contribution is 2.37. The van der Waals surface area contributed by atoms with E-state index in [1.54, 1.807) is 36.4 Å². The van der Waals surface area contributed by atoms with Gasteiger partial charge in [0.25, 0.3) is 11.1 Å². The Labute approximate surface area is 205 Å². The highest BCUT2D eigenvalue weighted by molar-refractivity contribution is 8.18. The van der Waals surface area contributed by atoms with Crippen LogP contribution in [0.25, 0.3) is 6.08 Å². The summed E-state index contributed by atoms with van der Waals surface area (Å²) in [7, 11) is 0. The van der Waals surface area contributed by atoms with Crippen LogP contribution in [-0.2, 0) is 19.7 Å². The minimum Gasteiger partial charge on any atom is -0.454 e. The molecular formula is C25H23FN2O6S. The van der Waals surface area contributed by atoms with Gasteiger partial charge in [0.15, 0.2) is 11.5 Å². The molecule has 3 amide bonds. The molecule has 182 valence electrons. The molecule has 3 aliphatic rings. The summed E-state index contributed by atoms with van der Waals surface area (Å²) < 4.78 is 30.0. The maximum absolute atomic E-state index is 13.9. The van der Waals surface area contributed by atoms with Gasteiger partial charge < -0.3 is 19.5 Å². The molecule has 0 aromatic heterocycles. The normalized spacial score (nSPS) is 19.9. The van der Waals surface area contributed by atoms with Gasteiger partial charge in [0, 0.05) is 26.3 Å². The molecule has 2 aromatic carbocycles. The van der Waals surface area contributed by atoms with E-state index in [4.69, 9.17) is 14.2 Å². The maximum Gasteiger partial charge on any atom is 0.293 e. The summed E-state index contributed by atoms with van der Waals surface area (Å²) in [5.41, 5.74) is 0.388. The van der Waals surface area contributed by atoms with Gasteiger partial charge in [-0.05, 0) is 66.1 Å². The van der Waals surface area contributed by atoms with Crippen LogP contribution in [0.2, 0.25) is 0 Å². The number of rotatable bonds is 6. The average molecular weight is 499 g/mol. The topological polar surface area (TPSA) is 94.2 Å². The molecule has 2 fully saturated rings. The molecule has 3 heterocycles. The number of nitrogens with zero attached hydrogens (tertiary/aromatic N) is 1. The quantitative estimate of drug-likeness (QED) is 0.610. The third-order valence-corrected chi connectivity index (χ3v) is 7.25. The van der Waals surface area contributed by atoms with E-state index in [0.29, 0.717) is 53.6 Å². The zero-order valence-electron chi connectivity index (χ0n) is 18.8. The Morgan fingerprint density at radius 3 is 2.71 bits per heavy atom. The van der Waals surface area contributed by atoms with Crippen LogP contribution >= 0.6 is 11.8 Å². The zero-order chi connectivity index (χ0) is 24.4. The van der Waals surface area contributed by atoms with Crippen molar-refractivity contribution in [2.24, 2.45) is 0 Å². The number of carbonyl (C=O) groups is 3. The van der Waals surface area contributed by atoms with Gasteiger partial charge in [-0.25, -0.2) is 4.39 Å². The third kappa shape index (κ3) is 4.63. The summed E-state index contributed by atoms with van der Waals surface area (Å²) >= 11 is 0.850. The molecule has 0 radical (unpaired) electrons. The molecule has 0 aliphatic carbocycles. The molecule has 0 spiro atoms. The van der Waals surface area contributed by atoms with Gasteiger partial charge in [-0.15, -0.1) is 0 Å². The summed E-state index contributed by atoms with van der Waals surface area (Å²) in [6.07, 6.45) is 2.47. The molecule has 3 aliphatic heterocycles. The van der Waals surface area contributed by atoms with E-state index >= 15 is 0 Å². The van der Waals surface area contributed by atoms with Gasteiger partial charge in [-0.1, -0.05) is 18.2 Å². The largest absolute Gasteiger partial charge is 0.454 e. The van der Waals surface area contributed by atoms with Crippen molar-refractivity contribution in [2.45, 2.75) is 18.3 Å². The van der Waals surface area contributed by atoms with Crippen LogP contribution in [0.15, 0.2) is 47.4 Å². The zero-order valence-corrected chi connectivity index (χ0v) is 19.6. The molecule has 5 rings (SSSR count).